The van der Waals surface area contributed by atoms with Crippen LogP contribution >= 0.6 is 0 Å². The maximum absolute atomic E-state index is 4.31. The number of nitrogens with zero attached hydrogens (tertiary/aromatic N) is 4. The Bertz CT molecular complexity index is 5210. The lowest BCUT2D eigenvalue weighted by molar-refractivity contribution is 0.787. The summed E-state index contributed by atoms with van der Waals surface area (Å²) in [5, 5.41) is 0. The molecule has 0 aromatic heterocycles. The number of unbranched alkanes of at least 4 members (excludes halogenated alkanes) is 1. The molecular formula is C108H100N4. The third-order valence-corrected chi connectivity index (χ3v) is 21.0. The molecule has 5 atom stereocenters. The Hall–Kier alpha value is -13.3. The molecule has 0 aliphatic heterocycles. The van der Waals surface area contributed by atoms with E-state index >= 15 is 0 Å². The van der Waals surface area contributed by atoms with Gasteiger partial charge in [-0.3, -0.25) is 0 Å². The molecule has 0 N–H and O–H groups in total. The van der Waals surface area contributed by atoms with Crippen molar-refractivity contribution in [3.05, 3.63) is 486 Å². The minimum absolute atomic E-state index is 0.00526. The molecular weight excluding hydrogens is 1350 g/mol. The topological polar surface area (TPSA) is 13.0 Å². The molecule has 552 valence electrons. The van der Waals surface area contributed by atoms with Crippen molar-refractivity contribution in [1.29, 1.82) is 0 Å². The van der Waals surface area contributed by atoms with Gasteiger partial charge in [0.15, 0.2) is 0 Å². The van der Waals surface area contributed by atoms with Crippen molar-refractivity contribution in [2.75, 3.05) is 19.6 Å². The lowest BCUT2D eigenvalue weighted by Gasteiger charge is -2.33. The second-order valence-corrected chi connectivity index (χ2v) is 28.3. The molecule has 3 aliphatic rings. The Morgan fingerprint density at radius 3 is 1.50 bits per heavy atom. The first-order chi connectivity index (χ1) is 55.3. The molecule has 0 bridgehead atoms. The number of rotatable bonds is 34. The van der Waals surface area contributed by atoms with Gasteiger partial charge in [0, 0.05) is 69.2 Å². The summed E-state index contributed by atoms with van der Waals surface area (Å²) in [6, 6.07) is 93.4. The molecule has 0 saturated carbocycles. The van der Waals surface area contributed by atoms with Crippen LogP contribution in [0.2, 0.25) is 0 Å². The Kier molecular flexibility index (Phi) is 26.9. The van der Waals surface area contributed by atoms with E-state index in [4.69, 9.17) is 0 Å². The van der Waals surface area contributed by atoms with Gasteiger partial charge in [-0.05, 0) is 227 Å². The third-order valence-electron chi connectivity index (χ3n) is 21.0. The Balaban J connectivity index is 0.748. The van der Waals surface area contributed by atoms with Crippen molar-refractivity contribution >= 4 is 57.1 Å². The first kappa shape index (κ1) is 76.9. The lowest BCUT2D eigenvalue weighted by atomic mass is 9.92. The highest BCUT2D eigenvalue weighted by Gasteiger charge is 2.24. The number of hydrogen-bond acceptors (Lipinski definition) is 4. The molecule has 0 spiro atoms. The Morgan fingerprint density at radius 1 is 0.429 bits per heavy atom. The summed E-state index contributed by atoms with van der Waals surface area (Å²) in [7, 11) is 0. The zero-order valence-corrected chi connectivity index (χ0v) is 64.2. The van der Waals surface area contributed by atoms with Crippen molar-refractivity contribution in [3.63, 3.8) is 0 Å². The second kappa shape index (κ2) is 39.2. The Morgan fingerprint density at radius 2 is 0.982 bits per heavy atom. The van der Waals surface area contributed by atoms with Gasteiger partial charge in [0.1, 0.15) is 0 Å². The zero-order valence-electron chi connectivity index (χ0n) is 64.2. The van der Waals surface area contributed by atoms with Gasteiger partial charge in [-0.15, -0.1) is 26.3 Å². The van der Waals surface area contributed by atoms with Crippen molar-refractivity contribution in [3.8, 4) is 33.4 Å². The summed E-state index contributed by atoms with van der Waals surface area (Å²) in [6.07, 6.45) is 64.2. The van der Waals surface area contributed by atoms with Gasteiger partial charge >= 0.3 is 0 Å². The van der Waals surface area contributed by atoms with Crippen LogP contribution in [0.1, 0.15) is 79.0 Å². The first-order valence-corrected chi connectivity index (χ1v) is 39.2. The predicted molar refractivity (Wildman–Crippen MR) is 486 cm³/mol. The van der Waals surface area contributed by atoms with Gasteiger partial charge in [0.05, 0.1) is 12.1 Å². The smallest absolute Gasteiger partial charge is 0.0560 e. The van der Waals surface area contributed by atoms with E-state index in [2.05, 4.69) is 411 Å². The SMILES string of the molecule is C=C\C=C/C=C/C(C=C)=C/C=C/N(c1ccc(-c2ccc(N(c3ccc(-c4ccccc4)cc3)C3C=CC(c4ccc(N(c5ccc(-c6ccc(N(C7=CCC(/C=C/CCC=C)C=C7)c7ccc(C(C=C)CC=C)cc7)cc6)cc5)c5ccc(C6C=CC=CC6)cc5)cc4)=CC3)cc2)cc1)C(C=C)C/C=C/c1ccccc1. The van der Waals surface area contributed by atoms with Crippen LogP contribution in [0.25, 0.3) is 45.0 Å². The lowest BCUT2D eigenvalue weighted by Crippen LogP contribution is -2.30. The van der Waals surface area contributed by atoms with Crippen LogP contribution in [0.15, 0.2) is 464 Å². The average Bonchev–Trinajstić information content (AvgIpc) is 0.800. The van der Waals surface area contributed by atoms with Crippen LogP contribution in [-0.2, 0) is 0 Å². The molecule has 0 heterocycles. The van der Waals surface area contributed by atoms with Crippen LogP contribution in [-0.4, -0.2) is 12.1 Å². The van der Waals surface area contributed by atoms with Crippen molar-refractivity contribution < 1.29 is 0 Å². The van der Waals surface area contributed by atoms with Gasteiger partial charge in [0.2, 0.25) is 0 Å². The molecule has 112 heavy (non-hydrogen) atoms. The fourth-order valence-electron chi connectivity index (χ4n) is 14.8. The van der Waals surface area contributed by atoms with Gasteiger partial charge in [0.25, 0.3) is 0 Å². The number of hydrogen-bond donors (Lipinski definition) is 0. The second-order valence-electron chi connectivity index (χ2n) is 28.3. The fourth-order valence-corrected chi connectivity index (χ4v) is 14.8. The normalized spacial score (nSPS) is 16.0. The zero-order chi connectivity index (χ0) is 77.1. The maximum atomic E-state index is 4.31. The van der Waals surface area contributed by atoms with Crippen LogP contribution in [0, 0.1) is 5.92 Å². The highest BCUT2D eigenvalue weighted by Crippen LogP contribution is 2.42. The molecule has 0 saturated heterocycles. The molecule has 0 amide bonds. The fraction of sp³-hybridized carbons (Fsp3) is 0.111. The van der Waals surface area contributed by atoms with Crippen molar-refractivity contribution in [2.45, 2.75) is 68.9 Å². The van der Waals surface area contributed by atoms with Crippen molar-refractivity contribution in [2.24, 2.45) is 5.92 Å². The van der Waals surface area contributed by atoms with E-state index in [0.717, 1.165) is 124 Å². The molecule has 5 unspecified atom stereocenters. The highest BCUT2D eigenvalue weighted by atomic mass is 15.2. The van der Waals surface area contributed by atoms with Crippen LogP contribution < -0.4 is 19.6 Å². The summed E-state index contributed by atoms with van der Waals surface area (Å²) in [5.74, 6) is 0.938. The van der Waals surface area contributed by atoms with E-state index in [9.17, 15) is 0 Å². The van der Waals surface area contributed by atoms with Crippen LogP contribution in [0.4, 0.5) is 45.5 Å². The molecule has 0 radical (unpaired) electrons. The summed E-state index contributed by atoms with van der Waals surface area (Å²) in [5.41, 5.74) is 24.0. The van der Waals surface area contributed by atoms with Gasteiger partial charge in [-0.25, -0.2) is 0 Å². The molecule has 4 nitrogen and oxygen atoms in total. The first-order valence-electron chi connectivity index (χ1n) is 39.2. The van der Waals surface area contributed by atoms with E-state index in [1.807, 2.05) is 60.8 Å². The maximum Gasteiger partial charge on any atom is 0.0560 e. The molecule has 0 fully saturated rings. The summed E-state index contributed by atoms with van der Waals surface area (Å²) >= 11 is 0. The van der Waals surface area contributed by atoms with Gasteiger partial charge < -0.3 is 19.6 Å². The van der Waals surface area contributed by atoms with Crippen molar-refractivity contribution in [1.82, 2.24) is 0 Å². The number of allylic oxidation sites excluding steroid dienone is 23. The average molecular weight is 1450 g/mol. The number of benzene rings is 10. The quantitative estimate of drug-likeness (QED) is 0.0226. The summed E-state index contributed by atoms with van der Waals surface area (Å²) in [4.78, 5) is 9.54. The Labute approximate surface area is 666 Å². The molecule has 10 aromatic carbocycles. The molecule has 13 rings (SSSR count). The van der Waals surface area contributed by atoms with Gasteiger partial charge in [-0.1, -0.05) is 317 Å². The van der Waals surface area contributed by atoms with Gasteiger partial charge in [-0.2, -0.15) is 0 Å². The summed E-state index contributed by atoms with van der Waals surface area (Å²) in [6.45, 7) is 24.2. The van der Waals surface area contributed by atoms with E-state index in [0.29, 0.717) is 11.8 Å². The molecule has 3 aliphatic carbocycles. The van der Waals surface area contributed by atoms with Crippen LogP contribution in [0.3, 0.4) is 0 Å². The third kappa shape index (κ3) is 19.8. The molecule has 10 aromatic rings. The van der Waals surface area contributed by atoms with E-state index < -0.39 is 0 Å². The number of anilines is 8. The van der Waals surface area contributed by atoms with Crippen LogP contribution in [0.5, 0.6) is 0 Å². The van der Waals surface area contributed by atoms with E-state index in [1.54, 1.807) is 6.08 Å². The van der Waals surface area contributed by atoms with E-state index in [-0.39, 0.29) is 18.0 Å². The molecule has 4 heteroatoms. The standard InChI is InChI=1S/C108H100N4/c1-7-13-15-20-31-83(10-4)36-29-82-109(98(12-6)41-28-35-84-32-22-17-23-33-84)99-64-44-92(45-65-99)93-52-74-105(75-53-93)111(103-68-48-90(49-69-103)87-37-24-18-25-38-87)106-78-58-96(59-79-106)97-60-80-108(81-61-97)112(104-70-50-91(51-71-104)88-39-26-19-27-40-88)107-76-56-95(57-77-107)94-54-72-102(73-55-94)110(100-62-42-85(43-63-100)34-21-16-14-8-2)101-66-46-89(47-67-101)86(11-5)30-9-3/h7-13,15,17-29,31-39,42,44-78,80-82,85-86,88,98,106H,1-6,14,16,30,40-41,43,79H2/b15-13-,31-20+,34-21+,35-28+,82-29+,83-36+. The largest absolute Gasteiger partial charge is 0.341 e. The monoisotopic (exact) mass is 1450 g/mol. The highest BCUT2D eigenvalue weighted by molar-refractivity contribution is 5.83. The summed E-state index contributed by atoms with van der Waals surface area (Å²) < 4.78 is 0. The minimum atomic E-state index is -0.00526. The predicted octanol–water partition coefficient (Wildman–Crippen LogP) is 29.7. The van der Waals surface area contributed by atoms with E-state index in [1.165, 1.54) is 39.0 Å². The minimum Gasteiger partial charge on any atom is -0.341 e.